The molecule has 3 aromatic rings. The van der Waals surface area contributed by atoms with E-state index < -0.39 is 5.54 Å². The van der Waals surface area contributed by atoms with Crippen molar-refractivity contribution in [2.24, 2.45) is 0 Å². The van der Waals surface area contributed by atoms with Gasteiger partial charge < -0.3 is 10.2 Å². The van der Waals surface area contributed by atoms with Crippen LogP contribution in [0.4, 0.5) is 13.6 Å². The van der Waals surface area contributed by atoms with Gasteiger partial charge in [0.2, 0.25) is 0 Å². The second kappa shape index (κ2) is 8.95. The molecule has 3 aromatic carbocycles. The van der Waals surface area contributed by atoms with Crippen molar-refractivity contribution >= 4 is 6.03 Å². The standard InChI is InChI=1S/C27H26F2N2O/c1-3-16-27(23-10-14-25(29)15-11-23)17-18-31(26(32)30-27)19(2)20-4-6-21(7-5-20)22-8-12-24(28)13-9-22/h3-15,19H,1,16-18H2,2H3,(H,30,32). The predicted molar refractivity (Wildman–Crippen MR) is 123 cm³/mol. The summed E-state index contributed by atoms with van der Waals surface area (Å²) in [5.74, 6) is -0.563. The highest BCUT2D eigenvalue weighted by Gasteiger charge is 2.40. The molecule has 0 bridgehead atoms. The van der Waals surface area contributed by atoms with Gasteiger partial charge in [0.1, 0.15) is 11.6 Å². The molecule has 1 aliphatic rings. The van der Waals surface area contributed by atoms with E-state index in [1.165, 1.54) is 24.3 Å². The zero-order chi connectivity index (χ0) is 22.7. The Morgan fingerprint density at radius 3 is 2.03 bits per heavy atom. The summed E-state index contributed by atoms with van der Waals surface area (Å²) < 4.78 is 26.6. The Labute approximate surface area is 187 Å². The van der Waals surface area contributed by atoms with Crippen LogP contribution in [0.5, 0.6) is 0 Å². The van der Waals surface area contributed by atoms with Crippen molar-refractivity contribution in [2.75, 3.05) is 6.54 Å². The second-order valence-corrected chi connectivity index (χ2v) is 8.26. The number of urea groups is 1. The maximum absolute atomic E-state index is 13.4. The van der Waals surface area contributed by atoms with Crippen LogP contribution in [0, 0.1) is 11.6 Å². The molecule has 0 saturated carbocycles. The molecule has 0 spiro atoms. The van der Waals surface area contributed by atoms with E-state index in [0.717, 1.165) is 22.3 Å². The highest BCUT2D eigenvalue weighted by molar-refractivity contribution is 5.77. The van der Waals surface area contributed by atoms with E-state index in [1.54, 1.807) is 30.3 Å². The summed E-state index contributed by atoms with van der Waals surface area (Å²) >= 11 is 0. The SMILES string of the molecule is C=CCC1(c2ccc(F)cc2)CCN(C(C)c2ccc(-c3ccc(F)cc3)cc2)C(=O)N1. The van der Waals surface area contributed by atoms with Crippen molar-refractivity contribution in [1.29, 1.82) is 0 Å². The maximum Gasteiger partial charge on any atom is 0.318 e. The van der Waals surface area contributed by atoms with Crippen LogP contribution in [0.15, 0.2) is 85.5 Å². The molecule has 2 atom stereocenters. The lowest BCUT2D eigenvalue weighted by Crippen LogP contribution is -2.58. The van der Waals surface area contributed by atoms with Gasteiger partial charge in [0.15, 0.2) is 0 Å². The Hall–Kier alpha value is -3.47. The van der Waals surface area contributed by atoms with E-state index in [9.17, 15) is 13.6 Å². The summed E-state index contributed by atoms with van der Waals surface area (Å²) in [7, 11) is 0. The summed E-state index contributed by atoms with van der Waals surface area (Å²) in [4.78, 5) is 14.9. The van der Waals surface area contributed by atoms with Crippen molar-refractivity contribution < 1.29 is 13.6 Å². The monoisotopic (exact) mass is 432 g/mol. The largest absolute Gasteiger partial charge is 0.328 e. The predicted octanol–water partition coefficient (Wildman–Crippen LogP) is 6.58. The van der Waals surface area contributed by atoms with E-state index in [2.05, 4.69) is 11.9 Å². The fourth-order valence-corrected chi connectivity index (χ4v) is 4.40. The molecule has 0 radical (unpaired) electrons. The van der Waals surface area contributed by atoms with Crippen molar-refractivity contribution in [2.45, 2.75) is 31.3 Å². The lowest BCUT2D eigenvalue weighted by atomic mass is 9.81. The van der Waals surface area contributed by atoms with Gasteiger partial charge in [-0.15, -0.1) is 6.58 Å². The molecule has 164 valence electrons. The minimum atomic E-state index is -0.588. The molecule has 2 amide bonds. The van der Waals surface area contributed by atoms with Gasteiger partial charge in [-0.3, -0.25) is 0 Å². The molecule has 1 heterocycles. The molecule has 1 N–H and O–H groups in total. The molecule has 1 fully saturated rings. The molecule has 0 aliphatic carbocycles. The number of nitrogens with one attached hydrogen (secondary N) is 1. The van der Waals surface area contributed by atoms with E-state index in [1.807, 2.05) is 36.1 Å². The Balaban J connectivity index is 1.51. The van der Waals surface area contributed by atoms with E-state index >= 15 is 0 Å². The summed E-state index contributed by atoms with van der Waals surface area (Å²) in [6.45, 7) is 6.42. The number of hydrogen-bond acceptors (Lipinski definition) is 1. The molecular weight excluding hydrogens is 406 g/mol. The van der Waals surface area contributed by atoms with Crippen LogP contribution in [0.2, 0.25) is 0 Å². The molecule has 0 aromatic heterocycles. The molecule has 1 saturated heterocycles. The second-order valence-electron chi connectivity index (χ2n) is 8.26. The third-order valence-electron chi connectivity index (χ3n) is 6.31. The van der Waals surface area contributed by atoms with Crippen LogP contribution in [0.3, 0.4) is 0 Å². The third-order valence-corrected chi connectivity index (χ3v) is 6.31. The van der Waals surface area contributed by atoms with Crippen molar-refractivity contribution in [3.63, 3.8) is 0 Å². The van der Waals surface area contributed by atoms with Gasteiger partial charge in [0.25, 0.3) is 0 Å². The number of halogens is 2. The number of carbonyl (C=O) groups is 1. The van der Waals surface area contributed by atoms with E-state index in [4.69, 9.17) is 0 Å². The molecule has 4 rings (SSSR count). The van der Waals surface area contributed by atoms with E-state index in [-0.39, 0.29) is 23.7 Å². The van der Waals surface area contributed by atoms with E-state index in [0.29, 0.717) is 19.4 Å². The minimum absolute atomic E-state index is 0.118. The maximum atomic E-state index is 13.4. The number of nitrogens with zero attached hydrogens (tertiary/aromatic N) is 1. The highest BCUT2D eigenvalue weighted by atomic mass is 19.1. The van der Waals surface area contributed by atoms with Crippen molar-refractivity contribution in [3.05, 3.63) is 108 Å². The Morgan fingerprint density at radius 2 is 1.50 bits per heavy atom. The normalized spacial score (nSPS) is 19.3. The van der Waals surface area contributed by atoms with Gasteiger partial charge >= 0.3 is 6.03 Å². The Morgan fingerprint density at radius 1 is 0.969 bits per heavy atom. The third kappa shape index (κ3) is 4.28. The topological polar surface area (TPSA) is 32.3 Å². The molecule has 3 nitrogen and oxygen atoms in total. The molecule has 1 aliphatic heterocycles. The zero-order valence-electron chi connectivity index (χ0n) is 18.0. The van der Waals surface area contributed by atoms with Crippen LogP contribution in [-0.4, -0.2) is 17.5 Å². The van der Waals surface area contributed by atoms with Gasteiger partial charge in [0, 0.05) is 6.54 Å². The van der Waals surface area contributed by atoms with Gasteiger partial charge in [-0.05, 0) is 66.3 Å². The van der Waals surface area contributed by atoms with Crippen molar-refractivity contribution in [3.8, 4) is 11.1 Å². The fraction of sp³-hybridized carbons (Fsp3) is 0.222. The Kier molecular flexibility index (Phi) is 6.08. The smallest absolute Gasteiger partial charge is 0.318 e. The van der Waals surface area contributed by atoms with Gasteiger partial charge in [-0.2, -0.15) is 0 Å². The quantitative estimate of drug-likeness (QED) is 0.439. The van der Waals surface area contributed by atoms with Crippen LogP contribution in [0.25, 0.3) is 11.1 Å². The van der Waals surface area contributed by atoms with Gasteiger partial charge in [-0.25, -0.2) is 13.6 Å². The fourth-order valence-electron chi connectivity index (χ4n) is 4.40. The average molecular weight is 433 g/mol. The van der Waals surface area contributed by atoms with Crippen LogP contribution < -0.4 is 5.32 Å². The summed E-state index contributed by atoms with van der Waals surface area (Å²) in [6.07, 6.45) is 3.05. The number of hydrogen-bond donors (Lipinski definition) is 1. The molecule has 5 heteroatoms. The van der Waals surface area contributed by atoms with Crippen LogP contribution in [0.1, 0.15) is 36.9 Å². The highest BCUT2D eigenvalue weighted by Crippen LogP contribution is 2.35. The first kappa shape index (κ1) is 21.8. The summed E-state index contributed by atoms with van der Waals surface area (Å²) in [6, 6.07) is 20.4. The molecule has 32 heavy (non-hydrogen) atoms. The number of rotatable bonds is 6. The van der Waals surface area contributed by atoms with Crippen molar-refractivity contribution in [1.82, 2.24) is 10.2 Å². The van der Waals surface area contributed by atoms with Gasteiger partial charge in [0.05, 0.1) is 11.6 Å². The molecular formula is C27H26F2N2O. The first-order chi connectivity index (χ1) is 15.4. The van der Waals surface area contributed by atoms with Crippen LogP contribution >= 0.6 is 0 Å². The number of benzene rings is 3. The Bertz CT molecular complexity index is 1090. The summed E-state index contributed by atoms with van der Waals surface area (Å²) in [5, 5.41) is 3.17. The first-order valence-electron chi connectivity index (χ1n) is 10.7. The minimum Gasteiger partial charge on any atom is -0.328 e. The molecule has 2 unspecified atom stereocenters. The van der Waals surface area contributed by atoms with Gasteiger partial charge in [-0.1, -0.05) is 54.6 Å². The lowest BCUT2D eigenvalue weighted by Gasteiger charge is -2.44. The number of amides is 2. The summed E-state index contributed by atoms with van der Waals surface area (Å²) in [5.41, 5.74) is 3.24. The zero-order valence-corrected chi connectivity index (χ0v) is 18.0. The lowest BCUT2D eigenvalue weighted by molar-refractivity contribution is 0.126. The van der Waals surface area contributed by atoms with Crippen LogP contribution in [-0.2, 0) is 5.54 Å². The first-order valence-corrected chi connectivity index (χ1v) is 10.7. The average Bonchev–Trinajstić information content (AvgIpc) is 2.80. The number of carbonyl (C=O) groups excluding carboxylic acids is 1.